The van der Waals surface area contributed by atoms with Crippen LogP contribution in [0.4, 0.5) is 8.78 Å². The van der Waals surface area contributed by atoms with Gasteiger partial charge in [-0.1, -0.05) is 0 Å². The van der Waals surface area contributed by atoms with E-state index in [0.29, 0.717) is 17.8 Å². The van der Waals surface area contributed by atoms with E-state index in [-0.39, 0.29) is 5.78 Å². The fraction of sp³-hybridized carbons (Fsp3) is 0.857. The third-order valence-electron chi connectivity index (χ3n) is 5.21. The molecule has 0 spiro atoms. The van der Waals surface area contributed by atoms with Gasteiger partial charge in [0.05, 0.1) is 6.42 Å². The van der Waals surface area contributed by atoms with Crippen LogP contribution in [0.3, 0.4) is 0 Å². The molecule has 18 heavy (non-hydrogen) atoms. The maximum atomic E-state index is 12.3. The molecule has 0 aromatic carbocycles. The molecule has 0 radical (unpaired) electrons. The third-order valence-corrected chi connectivity index (χ3v) is 5.21. The lowest BCUT2D eigenvalue weighted by molar-refractivity contribution is -0.148. The molecule has 100 valence electrons. The van der Waals surface area contributed by atoms with E-state index in [0.717, 1.165) is 19.3 Å². The van der Waals surface area contributed by atoms with Crippen LogP contribution in [0, 0.1) is 23.2 Å². The van der Waals surface area contributed by atoms with Gasteiger partial charge in [0, 0.05) is 5.41 Å². The molecule has 0 aliphatic heterocycles. The molecule has 2 nitrogen and oxygen atoms in total. The van der Waals surface area contributed by atoms with Crippen molar-refractivity contribution in [1.82, 2.24) is 0 Å². The van der Waals surface area contributed by atoms with Crippen molar-refractivity contribution in [1.29, 1.82) is 0 Å². The molecular formula is C14H18F2O2. The molecule has 0 aromatic rings. The van der Waals surface area contributed by atoms with Gasteiger partial charge in [0.15, 0.2) is 0 Å². The smallest absolute Gasteiger partial charge is 0.296 e. The zero-order chi connectivity index (χ0) is 12.9. The number of rotatable bonds is 4. The minimum atomic E-state index is -3.00. The summed E-state index contributed by atoms with van der Waals surface area (Å²) in [5.74, 6) is 0.396. The zero-order valence-electron chi connectivity index (χ0n) is 10.3. The molecule has 4 heteroatoms. The summed E-state index contributed by atoms with van der Waals surface area (Å²) in [6.07, 6.45) is 2.59. The first-order valence-electron chi connectivity index (χ1n) is 6.83. The lowest BCUT2D eigenvalue weighted by Gasteiger charge is -2.56. The fourth-order valence-electron chi connectivity index (χ4n) is 4.88. The molecule has 4 aliphatic rings. The van der Waals surface area contributed by atoms with Crippen LogP contribution in [0.25, 0.3) is 0 Å². The highest BCUT2D eigenvalue weighted by Gasteiger charge is 2.54. The van der Waals surface area contributed by atoms with Crippen LogP contribution in [-0.2, 0) is 9.59 Å². The lowest BCUT2D eigenvalue weighted by atomic mass is 9.48. The van der Waals surface area contributed by atoms with Crippen LogP contribution in [0.15, 0.2) is 0 Å². The normalized spacial score (nSPS) is 41.4. The minimum Gasteiger partial charge on any atom is -0.299 e. The molecule has 4 bridgehead atoms. The summed E-state index contributed by atoms with van der Waals surface area (Å²) in [6, 6.07) is 0. The Hall–Kier alpha value is -0.800. The van der Waals surface area contributed by atoms with E-state index >= 15 is 0 Å². The molecule has 0 atom stereocenters. The number of ketones is 2. The molecule has 0 unspecified atom stereocenters. The van der Waals surface area contributed by atoms with E-state index in [1.165, 1.54) is 19.3 Å². The molecule has 4 saturated carbocycles. The van der Waals surface area contributed by atoms with Crippen molar-refractivity contribution in [3.05, 3.63) is 0 Å². The van der Waals surface area contributed by atoms with Crippen molar-refractivity contribution in [3.8, 4) is 0 Å². The summed E-state index contributed by atoms with van der Waals surface area (Å²) in [5.41, 5.74) is -0.417. The molecule has 4 aliphatic carbocycles. The van der Waals surface area contributed by atoms with Crippen LogP contribution < -0.4 is 0 Å². The Bertz CT molecular complexity index is 354. The van der Waals surface area contributed by atoms with E-state index in [4.69, 9.17) is 0 Å². The molecule has 0 amide bonds. The molecule has 4 rings (SSSR count). The van der Waals surface area contributed by atoms with E-state index in [1.54, 1.807) is 0 Å². The number of carbonyl (C=O) groups excluding carboxylic acids is 2. The average molecular weight is 256 g/mol. The monoisotopic (exact) mass is 256 g/mol. The van der Waals surface area contributed by atoms with Gasteiger partial charge in [-0.3, -0.25) is 9.59 Å². The Labute approximate surface area is 105 Å². The topological polar surface area (TPSA) is 34.1 Å². The van der Waals surface area contributed by atoms with Crippen molar-refractivity contribution in [3.63, 3.8) is 0 Å². The van der Waals surface area contributed by atoms with Gasteiger partial charge in [-0.05, 0) is 56.3 Å². The SMILES string of the molecule is O=C(CC(=O)C12CC3CC(CC(C3)C1)C2)C(F)F. The largest absolute Gasteiger partial charge is 0.299 e. The van der Waals surface area contributed by atoms with Crippen molar-refractivity contribution >= 4 is 11.6 Å². The summed E-state index contributed by atoms with van der Waals surface area (Å²) in [5, 5.41) is 0. The number of alkyl halides is 2. The average Bonchev–Trinajstić information content (AvgIpc) is 2.26. The molecule has 0 N–H and O–H groups in total. The van der Waals surface area contributed by atoms with Crippen molar-refractivity contribution in [2.75, 3.05) is 0 Å². The fourth-order valence-corrected chi connectivity index (χ4v) is 4.88. The van der Waals surface area contributed by atoms with Crippen LogP contribution in [-0.4, -0.2) is 18.0 Å². The Morgan fingerprint density at radius 1 is 1.00 bits per heavy atom. The van der Waals surface area contributed by atoms with Gasteiger partial charge < -0.3 is 0 Å². The van der Waals surface area contributed by atoms with E-state index in [2.05, 4.69) is 0 Å². The van der Waals surface area contributed by atoms with Gasteiger partial charge in [0.25, 0.3) is 6.43 Å². The van der Waals surface area contributed by atoms with Crippen LogP contribution in [0.1, 0.15) is 44.9 Å². The third kappa shape index (κ3) is 1.90. The van der Waals surface area contributed by atoms with Gasteiger partial charge >= 0.3 is 0 Å². The first kappa shape index (κ1) is 12.2. The Morgan fingerprint density at radius 3 is 1.83 bits per heavy atom. The maximum Gasteiger partial charge on any atom is 0.296 e. The first-order valence-corrected chi connectivity index (χ1v) is 6.83. The van der Waals surface area contributed by atoms with Crippen LogP contribution >= 0.6 is 0 Å². The Kier molecular flexibility index (Phi) is 2.79. The molecule has 0 aromatic heterocycles. The summed E-state index contributed by atoms with van der Waals surface area (Å²) < 4.78 is 24.5. The molecule has 0 heterocycles. The second-order valence-corrected chi connectivity index (χ2v) is 6.56. The second kappa shape index (κ2) is 4.10. The highest BCUT2D eigenvalue weighted by molar-refractivity contribution is 6.03. The van der Waals surface area contributed by atoms with Gasteiger partial charge in [0.1, 0.15) is 5.78 Å². The molecule has 4 fully saturated rings. The van der Waals surface area contributed by atoms with Gasteiger partial charge in [-0.2, -0.15) is 0 Å². The number of carbonyl (C=O) groups is 2. The number of halogens is 2. The summed E-state index contributed by atoms with van der Waals surface area (Å²) in [6.45, 7) is 0. The van der Waals surface area contributed by atoms with Gasteiger partial charge in [0.2, 0.25) is 5.78 Å². The van der Waals surface area contributed by atoms with Crippen molar-refractivity contribution in [2.24, 2.45) is 23.2 Å². The van der Waals surface area contributed by atoms with Gasteiger partial charge in [-0.25, -0.2) is 8.78 Å². The predicted octanol–water partition coefficient (Wildman–Crippen LogP) is 3.00. The zero-order valence-corrected chi connectivity index (χ0v) is 10.3. The quantitative estimate of drug-likeness (QED) is 0.725. The second-order valence-electron chi connectivity index (χ2n) is 6.56. The van der Waals surface area contributed by atoms with Gasteiger partial charge in [-0.15, -0.1) is 0 Å². The van der Waals surface area contributed by atoms with E-state index < -0.39 is 24.0 Å². The van der Waals surface area contributed by atoms with E-state index in [9.17, 15) is 18.4 Å². The molecule has 0 saturated heterocycles. The minimum absolute atomic E-state index is 0.202. The summed E-state index contributed by atoms with van der Waals surface area (Å²) in [7, 11) is 0. The van der Waals surface area contributed by atoms with Crippen molar-refractivity contribution < 1.29 is 18.4 Å². The predicted molar refractivity (Wildman–Crippen MR) is 61.2 cm³/mol. The first-order chi connectivity index (χ1) is 8.48. The van der Waals surface area contributed by atoms with Crippen molar-refractivity contribution in [2.45, 2.75) is 51.4 Å². The van der Waals surface area contributed by atoms with Crippen LogP contribution in [0.2, 0.25) is 0 Å². The summed E-state index contributed by atoms with van der Waals surface area (Å²) in [4.78, 5) is 23.3. The lowest BCUT2D eigenvalue weighted by Crippen LogP contribution is -2.50. The number of Topliss-reactive ketones (excluding diaryl/α,β-unsaturated/α-hetero) is 2. The number of hydrogen-bond acceptors (Lipinski definition) is 2. The molecular weight excluding hydrogens is 238 g/mol. The van der Waals surface area contributed by atoms with Crippen LogP contribution in [0.5, 0.6) is 0 Å². The Balaban J connectivity index is 1.75. The maximum absolute atomic E-state index is 12.3. The Morgan fingerprint density at radius 2 is 1.44 bits per heavy atom. The standard InChI is InChI=1S/C14H18F2O2/c15-13(16)11(17)4-12(18)14-5-8-1-9(6-14)3-10(2-8)7-14/h8-10,13H,1-7H2. The van der Waals surface area contributed by atoms with E-state index in [1.807, 2.05) is 0 Å². The summed E-state index contributed by atoms with van der Waals surface area (Å²) >= 11 is 0. The number of hydrogen-bond donors (Lipinski definition) is 0. The highest BCUT2D eigenvalue weighted by Crippen LogP contribution is 2.60. The highest BCUT2D eigenvalue weighted by atomic mass is 19.3.